The molecule has 6 amide bonds. The first-order chi connectivity index (χ1) is 20.5. The molecule has 2 aliphatic heterocycles. The summed E-state index contributed by atoms with van der Waals surface area (Å²) in [7, 11) is 0. The van der Waals surface area contributed by atoms with Gasteiger partial charge in [0.25, 0.3) is 23.6 Å². The largest absolute Gasteiger partial charge is 0.560 e. The van der Waals surface area contributed by atoms with E-state index in [2.05, 4.69) is 10.6 Å². The average molecular weight is 631 g/mol. The van der Waals surface area contributed by atoms with Gasteiger partial charge in [-0.05, 0) is 54.4 Å². The molecule has 0 aliphatic carbocycles. The molecule has 2 N–H and O–H groups in total. The summed E-state index contributed by atoms with van der Waals surface area (Å²) < 4.78 is 20.9. The van der Waals surface area contributed by atoms with Gasteiger partial charge in [-0.1, -0.05) is 10.1 Å². The van der Waals surface area contributed by atoms with E-state index in [0.717, 1.165) is 0 Å². The topological polar surface area (TPSA) is 205 Å². The zero-order chi connectivity index (χ0) is 33.1. The zero-order valence-corrected chi connectivity index (χ0v) is 25.9. The molecule has 2 unspecified atom stereocenters. The van der Waals surface area contributed by atoms with E-state index < -0.39 is 65.0 Å². The third-order valence-corrected chi connectivity index (χ3v) is 5.78. The number of carbonyl (C=O) groups excluding carboxylic acids is 7. The third-order valence-electron chi connectivity index (χ3n) is 5.78. The Labute approximate surface area is 255 Å². The quantitative estimate of drug-likeness (QED) is 0.207. The minimum absolute atomic E-state index is 0.0834. The number of nitrogens with zero attached hydrogens (tertiary/aromatic N) is 2. The van der Waals surface area contributed by atoms with Crippen LogP contribution < -0.4 is 10.6 Å². The van der Waals surface area contributed by atoms with Crippen LogP contribution in [-0.2, 0) is 47.8 Å². The Hall–Kier alpha value is -3.99. The van der Waals surface area contributed by atoms with Gasteiger partial charge in [0.1, 0.15) is 11.2 Å². The number of hydrogen-bond acceptors (Lipinski definition) is 13. The van der Waals surface area contributed by atoms with Crippen LogP contribution in [0.4, 0.5) is 14.4 Å². The highest BCUT2D eigenvalue weighted by molar-refractivity contribution is 6.04. The number of amides is 6. The van der Waals surface area contributed by atoms with Crippen molar-refractivity contribution in [3.8, 4) is 0 Å². The number of rotatable bonds is 14. The van der Waals surface area contributed by atoms with E-state index in [4.69, 9.17) is 28.6 Å². The molecule has 0 spiro atoms. The van der Waals surface area contributed by atoms with Gasteiger partial charge in [0.2, 0.25) is 0 Å². The zero-order valence-electron chi connectivity index (χ0n) is 25.9. The monoisotopic (exact) mass is 630 g/mol. The highest BCUT2D eigenvalue weighted by Gasteiger charge is 2.45. The molecule has 17 heteroatoms. The Morgan fingerprint density at radius 3 is 1.36 bits per heavy atom. The van der Waals surface area contributed by atoms with Crippen LogP contribution in [0.15, 0.2) is 0 Å². The Morgan fingerprint density at radius 2 is 1.02 bits per heavy atom. The SMILES string of the molecule is CC(C)(C)OC(=O)NCCOCCC1CC(=O)N(OC(=O)ON2C(=O)CC(CCOCCNC(=O)OC(C)(C)C)C2=O)C1=O. The molecule has 0 aromatic heterocycles. The molecule has 2 atom stereocenters. The molecule has 17 nitrogen and oxygen atoms in total. The van der Waals surface area contributed by atoms with Crippen LogP contribution in [-0.4, -0.2) is 103 Å². The lowest BCUT2D eigenvalue weighted by Crippen LogP contribution is -2.39. The minimum atomic E-state index is -1.61. The van der Waals surface area contributed by atoms with Gasteiger partial charge < -0.3 is 29.6 Å². The van der Waals surface area contributed by atoms with Gasteiger partial charge in [0.05, 0.1) is 25.0 Å². The van der Waals surface area contributed by atoms with Crippen LogP contribution in [0.1, 0.15) is 67.2 Å². The van der Waals surface area contributed by atoms with Gasteiger partial charge in [-0.3, -0.25) is 28.9 Å². The van der Waals surface area contributed by atoms with Crippen molar-refractivity contribution in [2.45, 2.75) is 78.4 Å². The van der Waals surface area contributed by atoms with Crippen LogP contribution in [0.25, 0.3) is 0 Å². The Morgan fingerprint density at radius 1 is 0.659 bits per heavy atom. The highest BCUT2D eigenvalue weighted by atomic mass is 16.9. The lowest BCUT2D eigenvalue weighted by Gasteiger charge is -2.19. The molecular formula is C27H42N4O13. The molecule has 2 saturated heterocycles. The first kappa shape index (κ1) is 36.2. The van der Waals surface area contributed by atoms with Crippen molar-refractivity contribution in [3.05, 3.63) is 0 Å². The second-order valence-corrected chi connectivity index (χ2v) is 11.9. The summed E-state index contributed by atoms with van der Waals surface area (Å²) in [6, 6.07) is 0. The maximum atomic E-state index is 12.6. The second-order valence-electron chi connectivity index (χ2n) is 11.9. The number of carbonyl (C=O) groups is 7. The summed E-state index contributed by atoms with van der Waals surface area (Å²) in [4.78, 5) is 94.4. The van der Waals surface area contributed by atoms with E-state index in [-0.39, 0.29) is 75.3 Å². The molecule has 2 fully saturated rings. The van der Waals surface area contributed by atoms with Crippen molar-refractivity contribution in [2.75, 3.05) is 39.5 Å². The van der Waals surface area contributed by atoms with Crippen molar-refractivity contribution in [3.63, 3.8) is 0 Å². The lowest BCUT2D eigenvalue weighted by molar-refractivity contribution is -0.199. The highest BCUT2D eigenvalue weighted by Crippen LogP contribution is 2.26. The van der Waals surface area contributed by atoms with Crippen LogP contribution in [0.3, 0.4) is 0 Å². The molecule has 2 rings (SSSR count). The lowest BCUT2D eigenvalue weighted by atomic mass is 10.1. The summed E-state index contributed by atoms with van der Waals surface area (Å²) in [5, 5.41) is 5.50. The average Bonchev–Trinajstić information content (AvgIpc) is 3.30. The Balaban J connectivity index is 1.66. The summed E-state index contributed by atoms with van der Waals surface area (Å²) in [6.45, 7) is 11.2. The van der Waals surface area contributed by atoms with Crippen LogP contribution in [0.2, 0.25) is 0 Å². The van der Waals surface area contributed by atoms with E-state index >= 15 is 0 Å². The standard InChI is InChI=1S/C27H42N4O13/c1-26(2,3)41-23(36)28-9-13-39-11-7-17-15-19(32)30(21(17)34)43-25(38)44-31-20(33)16-18(22(31)35)8-12-40-14-10-29-24(37)42-27(4,5)6/h17-18H,7-16H2,1-6H3,(H,28,36)(H,29,37). The number of ether oxygens (including phenoxy) is 4. The normalized spacial score (nSPS) is 18.9. The molecule has 0 aromatic carbocycles. The van der Waals surface area contributed by atoms with E-state index in [1.807, 2.05) is 0 Å². The first-order valence-electron chi connectivity index (χ1n) is 14.2. The molecule has 2 aliphatic rings. The summed E-state index contributed by atoms with van der Waals surface area (Å²) in [6.07, 6.45) is -3.03. The number of hydroxylamine groups is 4. The molecule has 248 valence electrons. The summed E-state index contributed by atoms with van der Waals surface area (Å²) in [5.74, 6) is -4.88. The van der Waals surface area contributed by atoms with Crippen molar-refractivity contribution < 1.29 is 62.2 Å². The molecule has 0 radical (unpaired) electrons. The van der Waals surface area contributed by atoms with E-state index in [9.17, 15) is 33.6 Å². The van der Waals surface area contributed by atoms with Gasteiger partial charge in [-0.25, -0.2) is 9.59 Å². The molecule has 2 heterocycles. The Kier molecular flexibility index (Phi) is 13.3. The Bertz CT molecular complexity index is 1000. The fraction of sp³-hybridized carbons (Fsp3) is 0.741. The fourth-order valence-corrected chi connectivity index (χ4v) is 3.88. The molecule has 0 aromatic rings. The molecule has 0 saturated carbocycles. The maximum absolute atomic E-state index is 12.6. The van der Waals surface area contributed by atoms with Crippen LogP contribution >= 0.6 is 0 Å². The predicted molar refractivity (Wildman–Crippen MR) is 147 cm³/mol. The number of alkyl carbamates (subject to hydrolysis) is 2. The van der Waals surface area contributed by atoms with Gasteiger partial charge in [-0.15, -0.1) is 0 Å². The number of nitrogens with one attached hydrogen (secondary N) is 2. The first-order valence-corrected chi connectivity index (χ1v) is 14.2. The maximum Gasteiger partial charge on any atom is 0.560 e. The van der Waals surface area contributed by atoms with Crippen LogP contribution in [0.5, 0.6) is 0 Å². The summed E-state index contributed by atoms with van der Waals surface area (Å²) in [5.41, 5.74) is -1.27. The van der Waals surface area contributed by atoms with Crippen molar-refractivity contribution in [1.29, 1.82) is 0 Å². The second kappa shape index (κ2) is 16.2. The van der Waals surface area contributed by atoms with Gasteiger partial charge in [0, 0.05) is 39.1 Å². The van der Waals surface area contributed by atoms with Crippen molar-refractivity contribution in [1.82, 2.24) is 20.8 Å². The molecule has 0 bridgehead atoms. The predicted octanol–water partition coefficient (Wildman–Crippen LogP) is 1.58. The van der Waals surface area contributed by atoms with Crippen molar-refractivity contribution >= 4 is 42.0 Å². The van der Waals surface area contributed by atoms with Gasteiger partial charge >= 0.3 is 18.3 Å². The van der Waals surface area contributed by atoms with Crippen molar-refractivity contribution in [2.24, 2.45) is 11.8 Å². The van der Waals surface area contributed by atoms with E-state index in [1.165, 1.54) is 0 Å². The third kappa shape index (κ3) is 12.7. The number of imide groups is 2. The minimum Gasteiger partial charge on any atom is -0.444 e. The molecule has 44 heavy (non-hydrogen) atoms. The van der Waals surface area contributed by atoms with Gasteiger partial charge in [-0.2, -0.15) is 4.79 Å². The fourth-order valence-electron chi connectivity index (χ4n) is 3.88. The molecular weight excluding hydrogens is 588 g/mol. The van der Waals surface area contributed by atoms with Crippen LogP contribution in [0, 0.1) is 11.8 Å². The number of hydrogen-bond donors (Lipinski definition) is 2. The van der Waals surface area contributed by atoms with E-state index in [1.54, 1.807) is 41.5 Å². The summed E-state index contributed by atoms with van der Waals surface area (Å²) >= 11 is 0. The smallest absolute Gasteiger partial charge is 0.444 e. The van der Waals surface area contributed by atoms with E-state index in [0.29, 0.717) is 0 Å². The van der Waals surface area contributed by atoms with Gasteiger partial charge in [0.15, 0.2) is 0 Å².